The first-order valence-corrected chi connectivity index (χ1v) is 31.8. The van der Waals surface area contributed by atoms with Crippen molar-refractivity contribution in [1.29, 1.82) is 0 Å². The SMILES string of the molecule is c1ccc2c(c1)Oc1cccc3nc(-n4c5ccccc5c5c4ccc4c6ccccc6n(-c6cccc7ccc(-c8cccc9c8Oc8cccc%10nc(-n%11c%12ccccc%12c%12c%11ccc%11c%13ccccc%13n(-c%13ccc%14ccccc%14c%13)c%11%12)nc-9c8%10)cc67)c45)nc-2c13. The molecular weight excluding hydrogens is 1150 g/mol. The molecule has 2 aliphatic heterocycles. The van der Waals surface area contributed by atoms with E-state index in [9.17, 15) is 0 Å². The zero-order valence-corrected chi connectivity index (χ0v) is 50.0. The number of rotatable bonds is 5. The fraction of sp³-hybridized carbons (Fsp3) is 0. The number of hydrogen-bond acceptors (Lipinski definition) is 6. The number of nitrogens with zero attached hydrogens (tertiary/aromatic N) is 8. The summed E-state index contributed by atoms with van der Waals surface area (Å²) in [6, 6.07) is 99.7. The Morgan fingerprint density at radius 2 is 0.766 bits per heavy atom. The van der Waals surface area contributed by atoms with E-state index in [0.29, 0.717) is 11.9 Å². The van der Waals surface area contributed by atoms with Crippen LogP contribution in [0.4, 0.5) is 0 Å². The molecule has 6 aromatic heterocycles. The molecule has 10 heteroatoms. The van der Waals surface area contributed by atoms with Gasteiger partial charge in [-0.15, -0.1) is 0 Å². The van der Waals surface area contributed by atoms with E-state index < -0.39 is 0 Å². The fourth-order valence-electron chi connectivity index (χ4n) is 16.0. The molecule has 0 fully saturated rings. The molecule has 2 aliphatic rings. The third-order valence-electron chi connectivity index (χ3n) is 19.9. The van der Waals surface area contributed by atoms with Gasteiger partial charge in [0.2, 0.25) is 11.9 Å². The van der Waals surface area contributed by atoms with Gasteiger partial charge in [0.15, 0.2) is 0 Å². The highest BCUT2D eigenvalue weighted by molar-refractivity contribution is 6.28. The van der Waals surface area contributed by atoms with Crippen LogP contribution in [0.3, 0.4) is 0 Å². The van der Waals surface area contributed by atoms with Gasteiger partial charge in [0.05, 0.1) is 83.0 Å². The Morgan fingerprint density at radius 3 is 1.46 bits per heavy atom. The van der Waals surface area contributed by atoms with Crippen LogP contribution in [-0.4, -0.2) is 38.2 Å². The first-order valence-electron chi connectivity index (χ1n) is 31.8. The van der Waals surface area contributed by atoms with Gasteiger partial charge in [0, 0.05) is 70.9 Å². The highest BCUT2D eigenvalue weighted by atomic mass is 16.5. The Kier molecular flexibility index (Phi) is 9.75. The number of benzene rings is 14. The molecule has 434 valence electrons. The maximum Gasteiger partial charge on any atom is 0.235 e. The highest BCUT2D eigenvalue weighted by Gasteiger charge is 2.31. The minimum Gasteiger partial charge on any atom is -0.456 e. The lowest BCUT2D eigenvalue weighted by Crippen LogP contribution is -2.07. The van der Waals surface area contributed by atoms with Crippen LogP contribution in [0.5, 0.6) is 23.0 Å². The molecule has 0 radical (unpaired) electrons. The van der Waals surface area contributed by atoms with Gasteiger partial charge in [-0.2, -0.15) is 0 Å². The molecule has 0 unspecified atom stereocenters. The van der Waals surface area contributed by atoms with Crippen molar-refractivity contribution in [2.45, 2.75) is 0 Å². The molecule has 8 heterocycles. The third kappa shape index (κ3) is 6.66. The van der Waals surface area contributed by atoms with Gasteiger partial charge < -0.3 is 18.6 Å². The van der Waals surface area contributed by atoms with Gasteiger partial charge in [0.1, 0.15) is 23.0 Å². The van der Waals surface area contributed by atoms with Crippen LogP contribution in [0.15, 0.2) is 279 Å². The first kappa shape index (κ1) is 49.9. The summed E-state index contributed by atoms with van der Waals surface area (Å²) in [5.74, 6) is 4.19. The highest BCUT2D eigenvalue weighted by Crippen LogP contribution is 2.52. The topological polar surface area (TPSA) is 89.7 Å². The Bertz CT molecular complexity index is 6830. The van der Waals surface area contributed by atoms with Gasteiger partial charge >= 0.3 is 0 Å². The molecule has 0 aliphatic carbocycles. The normalized spacial score (nSPS) is 12.6. The van der Waals surface area contributed by atoms with Crippen molar-refractivity contribution in [3.8, 4) is 79.9 Å². The van der Waals surface area contributed by atoms with E-state index in [-0.39, 0.29) is 0 Å². The molecule has 0 spiro atoms. The van der Waals surface area contributed by atoms with E-state index in [4.69, 9.17) is 29.4 Å². The Balaban J connectivity index is 0.733. The average Bonchev–Trinajstić information content (AvgIpc) is 1.49. The van der Waals surface area contributed by atoms with Crippen LogP contribution in [0.1, 0.15) is 0 Å². The summed E-state index contributed by atoms with van der Waals surface area (Å²) < 4.78 is 23.0. The minimum atomic E-state index is 0.588. The summed E-state index contributed by atoms with van der Waals surface area (Å²) in [6.45, 7) is 0. The molecule has 0 N–H and O–H groups in total. The maximum atomic E-state index is 7.17. The first-order chi connectivity index (χ1) is 46.6. The monoisotopic (exact) mass is 1200 g/mol. The summed E-state index contributed by atoms with van der Waals surface area (Å²) in [5, 5.41) is 15.6. The maximum absolute atomic E-state index is 7.17. The van der Waals surface area contributed by atoms with Crippen molar-refractivity contribution in [3.05, 3.63) is 279 Å². The number of para-hydroxylation sites is 6. The van der Waals surface area contributed by atoms with Crippen molar-refractivity contribution >= 4 is 131 Å². The summed E-state index contributed by atoms with van der Waals surface area (Å²) in [4.78, 5) is 22.0. The molecule has 0 saturated carbocycles. The lowest BCUT2D eigenvalue weighted by molar-refractivity contribution is 0.486. The molecule has 0 bridgehead atoms. The smallest absolute Gasteiger partial charge is 0.235 e. The largest absolute Gasteiger partial charge is 0.456 e. The van der Waals surface area contributed by atoms with Crippen LogP contribution in [0, 0.1) is 0 Å². The molecule has 10 nitrogen and oxygen atoms in total. The van der Waals surface area contributed by atoms with Gasteiger partial charge in [-0.05, 0) is 125 Å². The molecule has 14 aromatic carbocycles. The fourth-order valence-corrected chi connectivity index (χ4v) is 16.0. The number of hydrogen-bond donors (Lipinski definition) is 0. The molecular formula is C84H46N8O2. The summed E-state index contributed by atoms with van der Waals surface area (Å²) in [5.41, 5.74) is 17.9. The Hall–Kier alpha value is -12.9. The zero-order valence-electron chi connectivity index (χ0n) is 50.0. The molecule has 0 atom stereocenters. The summed E-state index contributed by atoms with van der Waals surface area (Å²) in [6.07, 6.45) is 0. The van der Waals surface area contributed by atoms with Gasteiger partial charge in [-0.25, -0.2) is 19.9 Å². The number of ether oxygens (including phenoxy) is 2. The van der Waals surface area contributed by atoms with Crippen molar-refractivity contribution in [3.63, 3.8) is 0 Å². The molecule has 94 heavy (non-hydrogen) atoms. The predicted octanol–water partition coefficient (Wildman–Crippen LogP) is 21.5. The van der Waals surface area contributed by atoms with Crippen molar-refractivity contribution < 1.29 is 9.47 Å². The van der Waals surface area contributed by atoms with Gasteiger partial charge in [-0.3, -0.25) is 9.13 Å². The van der Waals surface area contributed by atoms with E-state index in [1.165, 1.54) is 21.5 Å². The second-order valence-electron chi connectivity index (χ2n) is 24.8. The van der Waals surface area contributed by atoms with Crippen molar-refractivity contribution in [2.24, 2.45) is 0 Å². The van der Waals surface area contributed by atoms with Crippen molar-refractivity contribution in [2.75, 3.05) is 0 Å². The van der Waals surface area contributed by atoms with E-state index in [1.807, 2.05) is 42.5 Å². The number of aromatic nitrogens is 8. The van der Waals surface area contributed by atoms with E-state index in [1.54, 1.807) is 0 Å². The summed E-state index contributed by atoms with van der Waals surface area (Å²) >= 11 is 0. The Labute approximate surface area is 534 Å². The lowest BCUT2D eigenvalue weighted by atomic mass is 9.94. The molecule has 0 saturated heterocycles. The quantitative estimate of drug-likeness (QED) is 0.171. The molecule has 20 aromatic rings. The van der Waals surface area contributed by atoms with Gasteiger partial charge in [0.25, 0.3) is 0 Å². The standard InChI is InChI=1S/C84H46N8O2/c1-2-18-49-45-51(40-39-47(49)17-1)89-64-29-8-3-20-53(64)55-41-43-69-74(80(55)89)57-22-5-10-31-66(57)91(69)84-86-63-28-16-36-73-77(63)79(88-84)60-26-14-25-52(82(60)94-73)50-38-37-48-19-13-33-68(61(48)46-50)90-65-30-9-4-21-54(65)56-42-44-70-75(81(56)90)58-23-6-11-32-67(58)92(70)83-85-62-27-15-35-72-76(62)78(87-83)59-24-7-12-34-71(59)93-72/h1-46H. The Morgan fingerprint density at radius 1 is 0.266 bits per heavy atom. The van der Waals surface area contributed by atoms with Crippen LogP contribution < -0.4 is 9.47 Å². The van der Waals surface area contributed by atoms with E-state index in [0.717, 1.165) is 177 Å². The van der Waals surface area contributed by atoms with Crippen molar-refractivity contribution in [1.82, 2.24) is 38.2 Å². The zero-order chi connectivity index (χ0) is 61.0. The second-order valence-corrected chi connectivity index (χ2v) is 24.8. The third-order valence-corrected chi connectivity index (χ3v) is 19.9. The van der Waals surface area contributed by atoms with Crippen LogP contribution >= 0.6 is 0 Å². The minimum absolute atomic E-state index is 0.588. The average molecular weight is 1200 g/mol. The number of fused-ring (bicyclic) bond motifs is 20. The second kappa shape index (κ2) is 18.4. The lowest BCUT2D eigenvalue weighted by Gasteiger charge is -2.23. The predicted molar refractivity (Wildman–Crippen MR) is 381 cm³/mol. The van der Waals surface area contributed by atoms with Crippen LogP contribution in [-0.2, 0) is 0 Å². The summed E-state index contributed by atoms with van der Waals surface area (Å²) in [7, 11) is 0. The van der Waals surface area contributed by atoms with Crippen LogP contribution in [0.25, 0.3) is 187 Å². The van der Waals surface area contributed by atoms with Gasteiger partial charge in [-0.1, -0.05) is 176 Å². The molecule has 22 rings (SSSR count). The molecule has 0 amide bonds. The van der Waals surface area contributed by atoms with Crippen LogP contribution in [0.2, 0.25) is 0 Å². The van der Waals surface area contributed by atoms with E-state index >= 15 is 0 Å². The van der Waals surface area contributed by atoms with E-state index in [2.05, 4.69) is 255 Å².